The highest BCUT2D eigenvalue weighted by Gasteiger charge is 2.19. The van der Waals surface area contributed by atoms with Crippen molar-refractivity contribution in [1.29, 1.82) is 10.7 Å². The van der Waals surface area contributed by atoms with Gasteiger partial charge in [-0.3, -0.25) is 10.2 Å². The minimum atomic E-state index is -0.520. The molecule has 0 atom stereocenters. The van der Waals surface area contributed by atoms with Gasteiger partial charge in [-0.15, -0.1) is 0 Å². The van der Waals surface area contributed by atoms with E-state index in [0.29, 0.717) is 28.1 Å². The molecule has 8 heteroatoms. The van der Waals surface area contributed by atoms with Gasteiger partial charge in [0.25, 0.3) is 5.91 Å². The van der Waals surface area contributed by atoms with Crippen LogP contribution in [0.25, 0.3) is 0 Å². The van der Waals surface area contributed by atoms with E-state index in [1.54, 1.807) is 31.2 Å². The van der Waals surface area contributed by atoms with Crippen molar-refractivity contribution in [3.63, 3.8) is 0 Å². The molecule has 0 bridgehead atoms. The molecule has 128 valence electrons. The molecule has 0 fully saturated rings. The van der Waals surface area contributed by atoms with E-state index in [-0.39, 0.29) is 20.0 Å². The van der Waals surface area contributed by atoms with Gasteiger partial charge in [-0.2, -0.15) is 5.26 Å². The lowest BCUT2D eigenvalue weighted by Gasteiger charge is -2.10. The fraction of sp³-hybridized carbons (Fsp3) is 0.0588. The maximum atomic E-state index is 12.3. The summed E-state index contributed by atoms with van der Waals surface area (Å²) in [4.78, 5) is 12.3. The number of rotatable bonds is 4. The van der Waals surface area contributed by atoms with Crippen LogP contribution in [0.4, 0.5) is 11.4 Å². The Morgan fingerprint density at radius 3 is 2.88 bits per heavy atom. The number of aromatic nitrogens is 1. The molecular weight excluding hydrogens is 322 g/mol. The number of nitrogens with two attached hydrogens (primary N) is 1. The molecule has 2 heterocycles. The highest BCUT2D eigenvalue weighted by atomic mass is 16.5. The van der Waals surface area contributed by atoms with E-state index in [2.05, 4.69) is 10.5 Å². The fourth-order valence-corrected chi connectivity index (χ4v) is 2.25. The van der Waals surface area contributed by atoms with Crippen LogP contribution in [0.5, 0.6) is 0 Å². The molecule has 0 saturated heterocycles. The molecule has 1 aromatic carbocycles. The summed E-state index contributed by atoms with van der Waals surface area (Å²) in [6.07, 6.45) is 2.90. The quantitative estimate of drug-likeness (QED) is 0.492. The molecule has 25 heavy (non-hydrogen) atoms. The van der Waals surface area contributed by atoms with Gasteiger partial charge in [0, 0.05) is 30.9 Å². The molecule has 2 aromatic heterocycles. The van der Waals surface area contributed by atoms with Gasteiger partial charge in [-0.05, 0) is 31.2 Å². The van der Waals surface area contributed by atoms with Crippen molar-refractivity contribution in [2.24, 2.45) is 0 Å². The number of nitrogens with one attached hydrogen (secondary N) is 2. The number of hydrogen-bond acceptors (Lipinski definition) is 7. The largest absolute Gasteiger partial charge is 0.472 e. The standard InChI is InChI=1S/C17H13N5O3.2H2/c1-9-14(7-18)25-22-16(9)17(23)21-11-2-3-13(19)12(6-11)15(20)10-4-5-24-8-10;;/h2-6,8,20H,19H2,1H3,(H,21,23);2*1H. The predicted octanol–water partition coefficient (Wildman–Crippen LogP) is 3.19. The summed E-state index contributed by atoms with van der Waals surface area (Å²) in [5.41, 5.74) is 8.35. The third kappa shape index (κ3) is 2.98. The second kappa shape index (κ2) is 6.33. The van der Waals surface area contributed by atoms with Crippen molar-refractivity contribution < 1.29 is 16.6 Å². The van der Waals surface area contributed by atoms with Gasteiger partial charge < -0.3 is 20.0 Å². The van der Waals surface area contributed by atoms with E-state index in [4.69, 9.17) is 25.3 Å². The van der Waals surface area contributed by atoms with E-state index < -0.39 is 5.91 Å². The van der Waals surface area contributed by atoms with E-state index in [9.17, 15) is 4.79 Å². The summed E-state index contributed by atoms with van der Waals surface area (Å²) in [6.45, 7) is 1.58. The van der Waals surface area contributed by atoms with Gasteiger partial charge in [0.15, 0.2) is 5.69 Å². The van der Waals surface area contributed by atoms with Gasteiger partial charge in [0.05, 0.1) is 18.2 Å². The van der Waals surface area contributed by atoms with Gasteiger partial charge in [0.2, 0.25) is 5.76 Å². The molecule has 0 spiro atoms. The highest BCUT2D eigenvalue weighted by molar-refractivity contribution is 6.14. The van der Waals surface area contributed by atoms with E-state index in [1.165, 1.54) is 12.5 Å². The van der Waals surface area contributed by atoms with Crippen molar-refractivity contribution in [2.45, 2.75) is 6.92 Å². The topological polar surface area (TPSA) is 142 Å². The maximum Gasteiger partial charge on any atom is 0.278 e. The number of amides is 1. The van der Waals surface area contributed by atoms with Crippen LogP contribution in [-0.4, -0.2) is 16.8 Å². The molecule has 4 N–H and O–H groups in total. The summed E-state index contributed by atoms with van der Waals surface area (Å²) >= 11 is 0. The van der Waals surface area contributed by atoms with Crippen LogP contribution in [0.1, 0.15) is 35.8 Å². The predicted molar refractivity (Wildman–Crippen MR) is 93.6 cm³/mol. The van der Waals surface area contributed by atoms with Crippen LogP contribution in [-0.2, 0) is 0 Å². The summed E-state index contributed by atoms with van der Waals surface area (Å²) in [5, 5.41) is 23.3. The lowest BCUT2D eigenvalue weighted by atomic mass is 10.0. The average molecular weight is 339 g/mol. The maximum absolute atomic E-state index is 12.3. The van der Waals surface area contributed by atoms with Crippen LogP contribution in [0.15, 0.2) is 45.7 Å². The minimum Gasteiger partial charge on any atom is -0.472 e. The van der Waals surface area contributed by atoms with Crippen molar-refractivity contribution in [1.82, 2.24) is 5.16 Å². The highest BCUT2D eigenvalue weighted by Crippen LogP contribution is 2.22. The Balaban J connectivity index is 0.00000182. The lowest BCUT2D eigenvalue weighted by Crippen LogP contribution is -2.14. The van der Waals surface area contributed by atoms with E-state index in [1.807, 2.05) is 6.07 Å². The van der Waals surface area contributed by atoms with E-state index in [0.717, 1.165) is 0 Å². The Labute approximate surface area is 145 Å². The first-order valence-electron chi connectivity index (χ1n) is 7.20. The number of carbonyl (C=O) groups excluding carboxylic acids is 1. The van der Waals surface area contributed by atoms with Crippen molar-refractivity contribution in [3.8, 4) is 6.07 Å². The zero-order chi connectivity index (χ0) is 18.0. The molecular formula is C17H17N5O3. The molecule has 1 amide bonds. The number of furan rings is 1. The Morgan fingerprint density at radius 1 is 1.44 bits per heavy atom. The van der Waals surface area contributed by atoms with Gasteiger partial charge in [-0.25, -0.2) is 0 Å². The lowest BCUT2D eigenvalue weighted by molar-refractivity contribution is 0.101. The normalized spacial score (nSPS) is 10.2. The molecule has 0 unspecified atom stereocenters. The van der Waals surface area contributed by atoms with Crippen LogP contribution in [0.3, 0.4) is 0 Å². The van der Waals surface area contributed by atoms with Crippen LogP contribution in [0.2, 0.25) is 0 Å². The Kier molecular flexibility index (Phi) is 4.05. The number of nitriles is 1. The molecule has 0 radical (unpaired) electrons. The molecule has 0 aliphatic carbocycles. The summed E-state index contributed by atoms with van der Waals surface area (Å²) in [6, 6.07) is 8.26. The van der Waals surface area contributed by atoms with Crippen molar-refractivity contribution in [3.05, 3.63) is 64.9 Å². The molecule has 0 aliphatic heterocycles. The summed E-state index contributed by atoms with van der Waals surface area (Å²) in [7, 11) is 0. The average Bonchev–Trinajstić information content (AvgIpc) is 3.25. The van der Waals surface area contributed by atoms with Crippen LogP contribution in [0, 0.1) is 23.7 Å². The monoisotopic (exact) mass is 339 g/mol. The van der Waals surface area contributed by atoms with Crippen LogP contribution < -0.4 is 11.1 Å². The number of hydrogen-bond donors (Lipinski definition) is 3. The summed E-state index contributed by atoms with van der Waals surface area (Å²) in [5.74, 6) is -0.529. The number of carbonyl (C=O) groups is 1. The molecule has 3 aromatic rings. The zero-order valence-electron chi connectivity index (χ0n) is 13.2. The third-order valence-corrected chi connectivity index (χ3v) is 3.63. The van der Waals surface area contributed by atoms with E-state index >= 15 is 0 Å². The number of nitrogens with zero attached hydrogens (tertiary/aromatic N) is 2. The molecule has 8 nitrogen and oxygen atoms in total. The van der Waals surface area contributed by atoms with Crippen molar-refractivity contribution in [2.75, 3.05) is 11.1 Å². The smallest absolute Gasteiger partial charge is 0.278 e. The second-order valence-corrected chi connectivity index (χ2v) is 5.24. The zero-order valence-corrected chi connectivity index (χ0v) is 13.2. The Hall–Kier alpha value is -3.86. The Bertz CT molecular complexity index is 1010. The SMILES string of the molecule is Cc1c(C(=O)Nc2ccc(N)c(C(=N)c3ccoc3)c2)noc1C#N.[HH].[HH]. The van der Waals surface area contributed by atoms with Gasteiger partial charge >= 0.3 is 0 Å². The Morgan fingerprint density at radius 2 is 2.24 bits per heavy atom. The third-order valence-electron chi connectivity index (χ3n) is 3.63. The molecule has 0 aliphatic rings. The summed E-state index contributed by atoms with van der Waals surface area (Å²) < 4.78 is 9.78. The fourth-order valence-electron chi connectivity index (χ4n) is 2.25. The first-order chi connectivity index (χ1) is 12.0. The second-order valence-electron chi connectivity index (χ2n) is 5.24. The first-order valence-corrected chi connectivity index (χ1v) is 7.20. The number of benzene rings is 1. The van der Waals surface area contributed by atoms with Crippen LogP contribution >= 0.6 is 0 Å². The molecule has 0 saturated carbocycles. The number of nitrogen functional groups attached to an aromatic ring is 1. The molecule has 3 rings (SSSR count). The first kappa shape index (κ1) is 16.0. The van der Waals surface area contributed by atoms with Gasteiger partial charge in [-0.1, -0.05) is 5.16 Å². The minimum absolute atomic E-state index is 0. The van der Waals surface area contributed by atoms with Crippen molar-refractivity contribution >= 4 is 23.0 Å². The van der Waals surface area contributed by atoms with Gasteiger partial charge in [0.1, 0.15) is 6.07 Å². The number of anilines is 2.